The van der Waals surface area contributed by atoms with Crippen LogP contribution < -0.4 is 0 Å². The molecule has 0 rings (SSSR count). The summed E-state index contributed by atoms with van der Waals surface area (Å²) in [6, 6.07) is 0. The van der Waals surface area contributed by atoms with Gasteiger partial charge in [0.15, 0.2) is 0 Å². The molecule has 14 heavy (non-hydrogen) atoms. The Morgan fingerprint density at radius 1 is 1.36 bits per heavy atom. The van der Waals surface area contributed by atoms with Gasteiger partial charge in [0.05, 0.1) is 25.6 Å². The molecule has 0 fully saturated rings. The Labute approximate surface area is 86.1 Å². The van der Waals surface area contributed by atoms with Crippen LogP contribution in [-0.2, 0) is 14.3 Å². The molecule has 0 saturated carbocycles. The van der Waals surface area contributed by atoms with Crippen LogP contribution >= 0.6 is 0 Å². The van der Waals surface area contributed by atoms with Gasteiger partial charge < -0.3 is 9.47 Å². The van der Waals surface area contributed by atoms with Crippen molar-refractivity contribution >= 4 is 5.97 Å². The lowest BCUT2D eigenvalue weighted by molar-refractivity contribution is -0.140. The zero-order chi connectivity index (χ0) is 11.2. The van der Waals surface area contributed by atoms with Crippen molar-refractivity contribution in [3.05, 3.63) is 11.8 Å². The summed E-state index contributed by atoms with van der Waals surface area (Å²) in [5.41, 5.74) is 0.314. The predicted octanol–water partition coefficient (Wildman–Crippen LogP) is 2.52. The molecule has 0 aromatic heterocycles. The van der Waals surface area contributed by atoms with Crippen molar-refractivity contribution in [1.29, 1.82) is 0 Å². The van der Waals surface area contributed by atoms with Crippen molar-refractivity contribution in [2.75, 3.05) is 13.7 Å². The number of hydrogen-bond acceptors (Lipinski definition) is 3. The number of carbonyl (C=O) groups excluding carboxylic acids is 1. The molecule has 3 heteroatoms. The second-order valence-electron chi connectivity index (χ2n) is 4.15. The van der Waals surface area contributed by atoms with E-state index in [1.807, 2.05) is 27.7 Å². The van der Waals surface area contributed by atoms with Crippen LogP contribution in [0.3, 0.4) is 0 Å². The Morgan fingerprint density at radius 3 is 2.29 bits per heavy atom. The maximum atomic E-state index is 11.6. The Kier molecular flexibility index (Phi) is 5.28. The second kappa shape index (κ2) is 5.68. The molecule has 3 nitrogen and oxygen atoms in total. The molecule has 82 valence electrons. The minimum Gasteiger partial charge on any atom is -0.504 e. The number of carbonyl (C=O) groups is 1. The van der Waals surface area contributed by atoms with E-state index >= 15 is 0 Å². The maximum Gasteiger partial charge on any atom is 0.337 e. The molecule has 0 aromatic carbocycles. The van der Waals surface area contributed by atoms with Crippen LogP contribution in [0.2, 0.25) is 0 Å². The Morgan fingerprint density at radius 2 is 1.93 bits per heavy atom. The molecule has 0 atom stereocenters. The van der Waals surface area contributed by atoms with Crippen LogP contribution in [0.15, 0.2) is 11.8 Å². The van der Waals surface area contributed by atoms with E-state index in [9.17, 15) is 4.79 Å². The smallest absolute Gasteiger partial charge is 0.337 e. The zero-order valence-electron chi connectivity index (χ0n) is 9.72. The first-order chi connectivity index (χ1) is 6.43. The average molecular weight is 200 g/mol. The van der Waals surface area contributed by atoms with E-state index in [2.05, 4.69) is 0 Å². The van der Waals surface area contributed by atoms with Gasteiger partial charge in [0.2, 0.25) is 0 Å². The van der Waals surface area contributed by atoms with Crippen LogP contribution in [0.1, 0.15) is 34.1 Å². The topological polar surface area (TPSA) is 35.5 Å². The lowest BCUT2D eigenvalue weighted by Crippen LogP contribution is -2.20. The molecule has 0 unspecified atom stereocenters. The molecule has 0 spiro atoms. The van der Waals surface area contributed by atoms with Crippen molar-refractivity contribution in [3.8, 4) is 0 Å². The second-order valence-corrected chi connectivity index (χ2v) is 4.15. The minimum absolute atomic E-state index is 0.249. The van der Waals surface area contributed by atoms with Crippen molar-refractivity contribution in [3.63, 3.8) is 0 Å². The lowest BCUT2D eigenvalue weighted by Gasteiger charge is -2.20. The van der Waals surface area contributed by atoms with Gasteiger partial charge >= 0.3 is 5.97 Å². The fourth-order valence-electron chi connectivity index (χ4n) is 0.921. The fourth-order valence-corrected chi connectivity index (χ4v) is 0.921. The standard InChI is InChI=1S/C11H20O3/c1-6-7-14-10(12)9(8-13-5)11(2,3)4/h8H,6-7H2,1-5H3. The molecular weight excluding hydrogens is 180 g/mol. The van der Waals surface area contributed by atoms with Crippen molar-refractivity contribution in [2.45, 2.75) is 34.1 Å². The summed E-state index contributed by atoms with van der Waals surface area (Å²) in [5.74, 6) is -0.291. The van der Waals surface area contributed by atoms with Crippen molar-refractivity contribution in [2.24, 2.45) is 5.41 Å². The van der Waals surface area contributed by atoms with Gasteiger partial charge in [-0.15, -0.1) is 0 Å². The molecule has 0 radical (unpaired) electrons. The van der Waals surface area contributed by atoms with Gasteiger partial charge in [-0.3, -0.25) is 0 Å². The summed E-state index contributed by atoms with van der Waals surface area (Å²) in [6.07, 6.45) is 2.29. The first kappa shape index (κ1) is 13.0. The molecular formula is C11H20O3. The van der Waals surface area contributed by atoms with Gasteiger partial charge in [0, 0.05) is 0 Å². The maximum absolute atomic E-state index is 11.6. The van der Waals surface area contributed by atoms with E-state index in [-0.39, 0.29) is 11.4 Å². The monoisotopic (exact) mass is 200 g/mol. The Balaban J connectivity index is 4.52. The summed E-state index contributed by atoms with van der Waals surface area (Å²) < 4.78 is 9.91. The first-order valence-electron chi connectivity index (χ1n) is 4.84. The van der Waals surface area contributed by atoms with E-state index in [0.29, 0.717) is 12.2 Å². The highest BCUT2D eigenvalue weighted by atomic mass is 16.5. The predicted molar refractivity (Wildman–Crippen MR) is 55.8 cm³/mol. The van der Waals surface area contributed by atoms with Gasteiger partial charge in [-0.1, -0.05) is 27.7 Å². The normalized spacial score (nSPS) is 12.5. The summed E-state index contributed by atoms with van der Waals surface area (Å²) in [4.78, 5) is 11.6. The highest BCUT2D eigenvalue weighted by molar-refractivity contribution is 5.89. The van der Waals surface area contributed by atoms with Crippen molar-refractivity contribution < 1.29 is 14.3 Å². The minimum atomic E-state index is -0.291. The van der Waals surface area contributed by atoms with Crippen LogP contribution in [-0.4, -0.2) is 19.7 Å². The summed E-state index contributed by atoms with van der Waals surface area (Å²) in [7, 11) is 1.53. The highest BCUT2D eigenvalue weighted by Crippen LogP contribution is 2.26. The third-order valence-electron chi connectivity index (χ3n) is 1.70. The third-order valence-corrected chi connectivity index (χ3v) is 1.70. The largest absolute Gasteiger partial charge is 0.504 e. The summed E-state index contributed by atoms with van der Waals surface area (Å²) >= 11 is 0. The molecule has 0 N–H and O–H groups in total. The van der Waals surface area contributed by atoms with Crippen LogP contribution in [0, 0.1) is 5.41 Å². The number of hydrogen-bond donors (Lipinski definition) is 0. The van der Waals surface area contributed by atoms with Crippen LogP contribution in [0.25, 0.3) is 0 Å². The number of rotatable bonds is 4. The lowest BCUT2D eigenvalue weighted by atomic mass is 9.87. The van der Waals surface area contributed by atoms with Gasteiger partial charge in [-0.05, 0) is 11.8 Å². The molecule has 0 aliphatic carbocycles. The van der Waals surface area contributed by atoms with E-state index < -0.39 is 0 Å². The van der Waals surface area contributed by atoms with Crippen LogP contribution in [0.5, 0.6) is 0 Å². The third kappa shape index (κ3) is 4.30. The Hall–Kier alpha value is -0.990. The molecule has 0 bridgehead atoms. The first-order valence-corrected chi connectivity index (χ1v) is 4.84. The quantitative estimate of drug-likeness (QED) is 0.397. The average Bonchev–Trinajstić information content (AvgIpc) is 2.08. The van der Waals surface area contributed by atoms with E-state index in [0.717, 1.165) is 6.42 Å². The number of ether oxygens (including phenoxy) is 2. The molecule has 0 heterocycles. The van der Waals surface area contributed by atoms with Crippen molar-refractivity contribution in [1.82, 2.24) is 0 Å². The highest BCUT2D eigenvalue weighted by Gasteiger charge is 2.25. The number of esters is 1. The van der Waals surface area contributed by atoms with Crippen LogP contribution in [0.4, 0.5) is 0 Å². The summed E-state index contributed by atoms with van der Waals surface area (Å²) in [5, 5.41) is 0. The molecule has 0 aliphatic heterocycles. The van der Waals surface area contributed by atoms with Gasteiger partial charge in [-0.2, -0.15) is 0 Å². The summed E-state index contributed by atoms with van der Waals surface area (Å²) in [6.45, 7) is 8.27. The fraction of sp³-hybridized carbons (Fsp3) is 0.727. The molecule has 0 aliphatic rings. The van der Waals surface area contributed by atoms with Gasteiger partial charge in [-0.25, -0.2) is 4.79 Å². The van der Waals surface area contributed by atoms with Gasteiger partial charge in [0.25, 0.3) is 0 Å². The van der Waals surface area contributed by atoms with E-state index in [1.54, 1.807) is 0 Å². The SMILES string of the molecule is CCCOC(=O)C(=COC)C(C)(C)C. The molecule has 0 aromatic rings. The number of methoxy groups -OCH3 is 1. The molecule has 0 saturated heterocycles. The molecule has 0 amide bonds. The van der Waals surface area contributed by atoms with Gasteiger partial charge in [0.1, 0.15) is 0 Å². The zero-order valence-corrected chi connectivity index (χ0v) is 9.72. The Bertz CT molecular complexity index is 211. The van der Waals surface area contributed by atoms with E-state index in [1.165, 1.54) is 13.4 Å². The van der Waals surface area contributed by atoms with E-state index in [4.69, 9.17) is 9.47 Å².